The minimum atomic E-state index is -0.0691. The first-order valence-corrected chi connectivity index (χ1v) is 11.6. The maximum absolute atomic E-state index is 12.7. The van der Waals surface area contributed by atoms with Gasteiger partial charge in [-0.2, -0.15) is 0 Å². The fourth-order valence-corrected chi connectivity index (χ4v) is 5.41. The molecule has 3 fully saturated rings. The minimum absolute atomic E-state index is 0.0415. The lowest BCUT2D eigenvalue weighted by atomic mass is 9.81. The standard InChI is InChI=1S/C25H32N4O2/c30-24(23-8-4-5-12-26-23)29-13-10-25(11-14-29)20-22(9-19-31-25)28-17-15-27(16-18-28)21-6-2-1-3-7-21/h1-8,12,22H,9-11,13-20H2. The number of nitrogens with zero attached hydrogens (tertiary/aromatic N) is 4. The van der Waals surface area contributed by atoms with Crippen LogP contribution in [-0.2, 0) is 4.74 Å². The highest BCUT2D eigenvalue weighted by Crippen LogP contribution is 2.37. The fourth-order valence-electron chi connectivity index (χ4n) is 5.41. The summed E-state index contributed by atoms with van der Waals surface area (Å²) in [6.45, 7) is 6.73. The second-order valence-corrected chi connectivity index (χ2v) is 9.04. The summed E-state index contributed by atoms with van der Waals surface area (Å²) < 4.78 is 6.36. The van der Waals surface area contributed by atoms with Gasteiger partial charge in [0.15, 0.2) is 0 Å². The van der Waals surface area contributed by atoms with Crippen molar-refractivity contribution in [2.45, 2.75) is 37.3 Å². The first kappa shape index (κ1) is 20.5. The van der Waals surface area contributed by atoms with Crippen molar-refractivity contribution in [2.24, 2.45) is 0 Å². The molecule has 0 aliphatic carbocycles. The molecule has 3 aliphatic rings. The molecule has 4 heterocycles. The number of ether oxygens (including phenoxy) is 1. The summed E-state index contributed by atoms with van der Waals surface area (Å²) in [5.74, 6) is 0.0415. The lowest BCUT2D eigenvalue weighted by Crippen LogP contribution is -2.57. The molecule has 1 unspecified atom stereocenters. The van der Waals surface area contributed by atoms with E-state index in [1.807, 2.05) is 17.0 Å². The monoisotopic (exact) mass is 420 g/mol. The Labute approximate surface area is 184 Å². The van der Waals surface area contributed by atoms with Gasteiger partial charge in [0, 0.05) is 63.8 Å². The van der Waals surface area contributed by atoms with Gasteiger partial charge in [0.25, 0.3) is 5.91 Å². The van der Waals surface area contributed by atoms with Crippen molar-refractivity contribution in [2.75, 3.05) is 50.8 Å². The highest BCUT2D eigenvalue weighted by Gasteiger charge is 2.43. The van der Waals surface area contributed by atoms with Crippen molar-refractivity contribution in [3.05, 3.63) is 60.4 Å². The number of hydrogen-bond donors (Lipinski definition) is 0. The van der Waals surface area contributed by atoms with Gasteiger partial charge in [-0.3, -0.25) is 14.7 Å². The SMILES string of the molecule is O=C(c1ccccn1)N1CCC2(CC1)CC(N1CCN(c3ccccc3)CC1)CCO2. The van der Waals surface area contributed by atoms with Gasteiger partial charge < -0.3 is 14.5 Å². The number of carbonyl (C=O) groups excluding carboxylic acids is 1. The average molecular weight is 421 g/mol. The van der Waals surface area contributed by atoms with Crippen LogP contribution in [0.2, 0.25) is 0 Å². The normalized spacial score (nSPS) is 24.3. The number of para-hydroxylation sites is 1. The number of pyridine rings is 1. The first-order valence-electron chi connectivity index (χ1n) is 11.6. The van der Waals surface area contributed by atoms with E-state index in [2.05, 4.69) is 45.1 Å². The minimum Gasteiger partial charge on any atom is -0.375 e. The molecule has 1 aromatic carbocycles. The number of benzene rings is 1. The summed E-state index contributed by atoms with van der Waals surface area (Å²) in [4.78, 5) is 24.1. The Balaban J connectivity index is 1.15. The van der Waals surface area contributed by atoms with E-state index in [0.29, 0.717) is 11.7 Å². The van der Waals surface area contributed by atoms with Gasteiger partial charge in [0.2, 0.25) is 0 Å². The van der Waals surface area contributed by atoms with Gasteiger partial charge in [0.1, 0.15) is 5.69 Å². The lowest BCUT2D eigenvalue weighted by molar-refractivity contribution is -0.130. The van der Waals surface area contributed by atoms with E-state index in [-0.39, 0.29) is 11.5 Å². The number of likely N-dealkylation sites (tertiary alicyclic amines) is 1. The summed E-state index contributed by atoms with van der Waals surface area (Å²) in [6.07, 6.45) is 5.73. The molecule has 164 valence electrons. The van der Waals surface area contributed by atoms with Crippen LogP contribution in [0.3, 0.4) is 0 Å². The molecule has 1 aromatic heterocycles. The van der Waals surface area contributed by atoms with E-state index >= 15 is 0 Å². The molecular formula is C25H32N4O2. The molecule has 6 nitrogen and oxygen atoms in total. The van der Waals surface area contributed by atoms with Crippen molar-refractivity contribution >= 4 is 11.6 Å². The molecule has 0 N–H and O–H groups in total. The molecular weight excluding hydrogens is 388 g/mol. The van der Waals surface area contributed by atoms with Crippen molar-refractivity contribution in [3.8, 4) is 0 Å². The van der Waals surface area contributed by atoms with Crippen LogP contribution in [0, 0.1) is 0 Å². The van der Waals surface area contributed by atoms with Crippen LogP contribution in [-0.4, -0.2) is 78.2 Å². The van der Waals surface area contributed by atoms with Crippen LogP contribution >= 0.6 is 0 Å². The Hall–Kier alpha value is -2.44. The molecule has 5 rings (SSSR count). The van der Waals surface area contributed by atoms with Gasteiger partial charge in [-0.1, -0.05) is 24.3 Å². The van der Waals surface area contributed by atoms with Crippen molar-refractivity contribution < 1.29 is 9.53 Å². The Bertz CT molecular complexity index is 860. The van der Waals surface area contributed by atoms with Gasteiger partial charge >= 0.3 is 0 Å². The summed E-state index contributed by atoms with van der Waals surface area (Å²) in [6, 6.07) is 16.8. The predicted octanol–water partition coefficient (Wildman–Crippen LogP) is 3.06. The topological polar surface area (TPSA) is 48.9 Å². The van der Waals surface area contributed by atoms with Crippen LogP contribution < -0.4 is 4.90 Å². The third-order valence-electron chi connectivity index (χ3n) is 7.26. The molecule has 0 radical (unpaired) electrons. The van der Waals surface area contributed by atoms with E-state index < -0.39 is 0 Å². The van der Waals surface area contributed by atoms with Crippen molar-refractivity contribution in [1.29, 1.82) is 0 Å². The third-order valence-corrected chi connectivity index (χ3v) is 7.26. The second kappa shape index (κ2) is 8.97. The Kier molecular flexibility index (Phi) is 5.92. The summed E-state index contributed by atoms with van der Waals surface area (Å²) in [7, 11) is 0. The fraction of sp³-hybridized carbons (Fsp3) is 0.520. The number of anilines is 1. The first-order chi connectivity index (χ1) is 15.2. The average Bonchev–Trinajstić information content (AvgIpc) is 2.85. The van der Waals surface area contributed by atoms with Crippen molar-refractivity contribution in [3.63, 3.8) is 0 Å². The van der Waals surface area contributed by atoms with Crippen LogP contribution in [0.15, 0.2) is 54.7 Å². The Morgan fingerprint density at radius 2 is 1.68 bits per heavy atom. The molecule has 1 spiro atoms. The maximum Gasteiger partial charge on any atom is 0.272 e. The van der Waals surface area contributed by atoms with E-state index in [9.17, 15) is 4.79 Å². The zero-order valence-corrected chi connectivity index (χ0v) is 18.2. The molecule has 3 saturated heterocycles. The van der Waals surface area contributed by atoms with Crippen LogP contribution in [0.5, 0.6) is 0 Å². The number of aromatic nitrogens is 1. The zero-order valence-electron chi connectivity index (χ0n) is 18.2. The number of piperidine rings is 1. The number of carbonyl (C=O) groups is 1. The predicted molar refractivity (Wildman–Crippen MR) is 121 cm³/mol. The maximum atomic E-state index is 12.7. The molecule has 6 heteroatoms. The molecule has 0 bridgehead atoms. The van der Waals surface area contributed by atoms with E-state index in [4.69, 9.17) is 4.74 Å². The number of rotatable bonds is 3. The Morgan fingerprint density at radius 3 is 2.39 bits per heavy atom. The summed E-state index contributed by atoms with van der Waals surface area (Å²) >= 11 is 0. The van der Waals surface area contributed by atoms with Gasteiger partial charge in [-0.05, 0) is 49.9 Å². The summed E-state index contributed by atoms with van der Waals surface area (Å²) in [5, 5.41) is 0. The van der Waals surface area contributed by atoms with Gasteiger partial charge in [-0.25, -0.2) is 0 Å². The molecule has 3 aliphatic heterocycles. The van der Waals surface area contributed by atoms with E-state index in [1.54, 1.807) is 12.3 Å². The van der Waals surface area contributed by atoms with Crippen molar-refractivity contribution in [1.82, 2.24) is 14.8 Å². The number of amides is 1. The van der Waals surface area contributed by atoms with Gasteiger partial charge in [-0.15, -0.1) is 0 Å². The third kappa shape index (κ3) is 4.46. The quantitative estimate of drug-likeness (QED) is 0.764. The zero-order chi connectivity index (χ0) is 21.1. The molecule has 1 amide bonds. The largest absolute Gasteiger partial charge is 0.375 e. The second-order valence-electron chi connectivity index (χ2n) is 9.04. The Morgan fingerprint density at radius 1 is 0.935 bits per heavy atom. The molecule has 2 aromatic rings. The number of piperazine rings is 1. The van der Waals surface area contributed by atoms with Crippen LogP contribution in [0.4, 0.5) is 5.69 Å². The number of hydrogen-bond acceptors (Lipinski definition) is 5. The van der Waals surface area contributed by atoms with Crippen LogP contribution in [0.1, 0.15) is 36.2 Å². The lowest BCUT2D eigenvalue weighted by Gasteiger charge is -2.49. The molecule has 0 saturated carbocycles. The molecule has 31 heavy (non-hydrogen) atoms. The summed E-state index contributed by atoms with van der Waals surface area (Å²) in [5.41, 5.74) is 1.80. The molecule has 1 atom stereocenters. The van der Waals surface area contributed by atoms with Gasteiger partial charge in [0.05, 0.1) is 5.60 Å². The van der Waals surface area contributed by atoms with E-state index in [1.165, 1.54) is 5.69 Å². The smallest absolute Gasteiger partial charge is 0.272 e. The van der Waals surface area contributed by atoms with Crippen LogP contribution in [0.25, 0.3) is 0 Å². The highest BCUT2D eigenvalue weighted by molar-refractivity contribution is 5.92. The van der Waals surface area contributed by atoms with E-state index in [0.717, 1.165) is 71.6 Å². The highest BCUT2D eigenvalue weighted by atomic mass is 16.5.